The lowest BCUT2D eigenvalue weighted by molar-refractivity contribution is -0.387. The lowest BCUT2D eigenvalue weighted by atomic mass is 9.33. The van der Waals surface area contributed by atoms with Gasteiger partial charge in [0.15, 0.2) is 25.0 Å². The number of hydrogen-bond acceptors (Lipinski definition) is 22. The number of esters is 2. The van der Waals surface area contributed by atoms with E-state index in [1.807, 2.05) is 6.92 Å². The lowest BCUT2D eigenvalue weighted by Gasteiger charge is -2.71. The summed E-state index contributed by atoms with van der Waals surface area (Å²) >= 11 is 0. The monoisotopic (exact) mass is 1100 g/mol. The van der Waals surface area contributed by atoms with Crippen molar-refractivity contribution in [2.75, 3.05) is 26.4 Å². The van der Waals surface area contributed by atoms with Gasteiger partial charge in [-0.05, 0) is 98.2 Å². The molecule has 77 heavy (non-hydrogen) atoms. The summed E-state index contributed by atoms with van der Waals surface area (Å²) in [5, 5.41) is 120. The Labute approximate surface area is 448 Å². The zero-order chi connectivity index (χ0) is 56.4. The maximum atomic E-state index is 13.6. The van der Waals surface area contributed by atoms with E-state index in [0.717, 1.165) is 0 Å². The van der Waals surface area contributed by atoms with E-state index in [2.05, 4.69) is 40.7 Å². The van der Waals surface area contributed by atoms with Crippen molar-refractivity contribution in [2.45, 2.75) is 224 Å². The molecule has 28 atom stereocenters. The summed E-state index contributed by atoms with van der Waals surface area (Å²) in [6, 6.07) is 0. The molecule has 11 N–H and O–H groups in total. The third-order valence-corrected chi connectivity index (χ3v) is 21.3. The van der Waals surface area contributed by atoms with Gasteiger partial charge in [-0.3, -0.25) is 9.59 Å². The first-order valence-corrected chi connectivity index (χ1v) is 27.4. The van der Waals surface area contributed by atoms with Crippen LogP contribution >= 0.6 is 0 Å². The standard InChI is InChI=1S/C54H84O23/c1-22(23(2)71-24(3)57)45(68)70-21-54-26-16-49(4,5)43(42(54)65)73-32(54)17-53(9)25(26)10-11-30-50(6)14-13-31(51(7,20-56)29(50)12-15-52(30,53)8)74-48-40(76-46-36(62)33(59)27(58)19-69-46)38(64)39(41(77-48)44(66)67)75-47-37(63)35(61)34(60)28(18-55)72-47/h10,22-23,26-43,46-48,55-56,58-65H,11-21H2,1-9H3,(H,66,67)/t22?,23?,26-,27+,28+,29+,30+,31-,32+,33-,34+,35-,36+,37+,38-,39-,40+,41-,42-,43+,46-,47-,48+,50-,51-,52+,53+,54-/m0/s1. The molecule has 4 aliphatic heterocycles. The largest absolute Gasteiger partial charge is 0.479 e. The molecule has 9 rings (SSSR count). The number of carboxylic acids is 1. The smallest absolute Gasteiger partial charge is 0.335 e. The van der Waals surface area contributed by atoms with Gasteiger partial charge in [0.1, 0.15) is 73.8 Å². The van der Waals surface area contributed by atoms with E-state index in [9.17, 15) is 70.6 Å². The minimum Gasteiger partial charge on any atom is -0.479 e. The van der Waals surface area contributed by atoms with Crippen molar-refractivity contribution in [3.8, 4) is 0 Å². The van der Waals surface area contributed by atoms with Crippen LogP contribution in [0, 0.1) is 56.2 Å². The first-order chi connectivity index (χ1) is 36.0. The Balaban J connectivity index is 0.998. The number of fused-ring (bicyclic) bond motifs is 7. The molecule has 0 spiro atoms. The Morgan fingerprint density at radius 1 is 0.753 bits per heavy atom. The van der Waals surface area contributed by atoms with Crippen LogP contribution in [-0.4, -0.2) is 217 Å². The highest BCUT2D eigenvalue weighted by molar-refractivity contribution is 5.74. The van der Waals surface area contributed by atoms with E-state index < -0.39 is 181 Å². The highest BCUT2D eigenvalue weighted by Crippen LogP contribution is 2.77. The van der Waals surface area contributed by atoms with Crippen LogP contribution in [0.15, 0.2) is 11.6 Å². The van der Waals surface area contributed by atoms with E-state index in [4.69, 9.17) is 42.6 Å². The molecular weight excluding hydrogens is 1020 g/mol. The summed E-state index contributed by atoms with van der Waals surface area (Å²) in [5.74, 6) is -3.82. The number of ether oxygens (including phenoxy) is 9. The number of carbonyl (C=O) groups excluding carboxylic acids is 2. The summed E-state index contributed by atoms with van der Waals surface area (Å²) < 4.78 is 54.3. The number of aliphatic carboxylic acids is 1. The van der Waals surface area contributed by atoms with Crippen LogP contribution in [0.1, 0.15) is 107 Å². The highest BCUT2D eigenvalue weighted by atomic mass is 16.8. The van der Waals surface area contributed by atoms with E-state index in [1.54, 1.807) is 13.8 Å². The lowest BCUT2D eigenvalue weighted by Crippen LogP contribution is -2.69. The van der Waals surface area contributed by atoms with Crippen LogP contribution < -0.4 is 0 Å². The Kier molecular flexibility index (Phi) is 16.1. The van der Waals surface area contributed by atoms with Gasteiger partial charge in [0.25, 0.3) is 0 Å². The van der Waals surface area contributed by atoms with Crippen molar-refractivity contribution in [3.63, 3.8) is 0 Å². The molecule has 0 aromatic heterocycles. The van der Waals surface area contributed by atoms with Crippen molar-refractivity contribution >= 4 is 17.9 Å². The number of carboxylic acid groups (broad SMARTS) is 1. The van der Waals surface area contributed by atoms with Gasteiger partial charge in [-0.25, -0.2) is 4.79 Å². The minimum absolute atomic E-state index is 0.0482. The van der Waals surface area contributed by atoms with Crippen LogP contribution in [0.2, 0.25) is 0 Å². The summed E-state index contributed by atoms with van der Waals surface area (Å²) in [4.78, 5) is 38.4. The van der Waals surface area contributed by atoms with E-state index in [-0.39, 0.29) is 36.4 Å². The first-order valence-electron chi connectivity index (χ1n) is 27.4. The highest BCUT2D eigenvalue weighted by Gasteiger charge is 2.76. The van der Waals surface area contributed by atoms with E-state index in [1.165, 1.54) is 12.5 Å². The van der Waals surface area contributed by atoms with E-state index in [0.29, 0.717) is 44.9 Å². The zero-order valence-electron chi connectivity index (χ0n) is 45.5. The molecule has 9 aliphatic rings. The van der Waals surface area contributed by atoms with Crippen LogP contribution in [0.3, 0.4) is 0 Å². The fourth-order valence-electron chi connectivity index (χ4n) is 16.5. The average Bonchev–Trinajstić information content (AvgIpc) is 3.95. The molecular formula is C54H84O23. The molecule has 8 fully saturated rings. The van der Waals surface area contributed by atoms with Crippen LogP contribution in [0.4, 0.5) is 0 Å². The van der Waals surface area contributed by atoms with Crippen molar-refractivity contribution in [3.05, 3.63) is 11.6 Å². The molecule has 4 saturated carbocycles. The van der Waals surface area contributed by atoms with Crippen molar-refractivity contribution in [2.24, 2.45) is 56.2 Å². The quantitative estimate of drug-likeness (QED) is 0.0588. The molecule has 4 heterocycles. The number of carbonyl (C=O) groups is 3. The Morgan fingerprint density at radius 3 is 2.08 bits per heavy atom. The Bertz CT molecular complexity index is 2230. The molecule has 5 aliphatic carbocycles. The van der Waals surface area contributed by atoms with Gasteiger partial charge < -0.3 is 98.8 Å². The Morgan fingerprint density at radius 2 is 1.43 bits per heavy atom. The minimum atomic E-state index is -2.09. The molecule has 438 valence electrons. The second-order valence-corrected chi connectivity index (χ2v) is 25.8. The topological polar surface area (TPSA) is 357 Å². The third kappa shape index (κ3) is 9.25. The zero-order valence-corrected chi connectivity index (χ0v) is 45.5. The number of rotatable bonds is 14. The normalized spacial score (nSPS) is 51.7. The SMILES string of the molecule is CC(=O)OC(C)C(C)C(=O)OC[C@@]12[C@H]3C[C@]4(C)C(=CC[C@@H]5[C@@]6(C)CC[C@H](O[C@@H]7O[C@H](C(=O)O)[C@@H](O[C@@H]8O[C@H](CO)[C@@H](O)[C@H](O)[C@H]8O)[C@H](O)[C@H]7O[C@@H]7OC[C@@H](O)[C@H](O)[C@H]7O)[C@@](C)(CO)[C@@H]6CC[C@]54C)[C@@H]1CC(C)(C)[C@H](O3)[C@@H]2O. The van der Waals surface area contributed by atoms with Crippen LogP contribution in [-0.2, 0) is 57.0 Å². The van der Waals surface area contributed by atoms with Crippen molar-refractivity contribution in [1.29, 1.82) is 0 Å². The fraction of sp³-hybridized carbons (Fsp3) is 0.907. The molecule has 0 amide bonds. The average molecular weight is 1100 g/mol. The molecule has 2 unspecified atom stereocenters. The number of aliphatic hydroxyl groups excluding tert-OH is 10. The summed E-state index contributed by atoms with van der Waals surface area (Å²) in [6.07, 6.45) is -22.8. The first kappa shape index (κ1) is 59.1. The third-order valence-electron chi connectivity index (χ3n) is 21.3. The van der Waals surface area contributed by atoms with Gasteiger partial charge in [-0.2, -0.15) is 0 Å². The molecule has 2 bridgehead atoms. The van der Waals surface area contributed by atoms with Gasteiger partial charge in [-0.1, -0.05) is 53.2 Å². The predicted molar refractivity (Wildman–Crippen MR) is 261 cm³/mol. The summed E-state index contributed by atoms with van der Waals surface area (Å²) in [6.45, 7) is 15.8. The molecule has 4 saturated heterocycles. The molecule has 0 aromatic rings. The maximum absolute atomic E-state index is 13.6. The van der Waals surface area contributed by atoms with Crippen LogP contribution in [0.25, 0.3) is 0 Å². The van der Waals surface area contributed by atoms with Gasteiger partial charge in [0.05, 0.1) is 55.6 Å². The van der Waals surface area contributed by atoms with Gasteiger partial charge >= 0.3 is 17.9 Å². The Hall–Kier alpha value is -2.53. The summed E-state index contributed by atoms with van der Waals surface area (Å²) in [7, 11) is 0. The number of hydrogen-bond donors (Lipinski definition) is 11. The number of allylic oxidation sites excluding steroid dienone is 2. The number of aliphatic hydroxyl groups is 10. The van der Waals surface area contributed by atoms with Gasteiger partial charge in [-0.15, -0.1) is 0 Å². The van der Waals surface area contributed by atoms with Crippen LogP contribution in [0.5, 0.6) is 0 Å². The maximum Gasteiger partial charge on any atom is 0.335 e. The molecule has 0 radical (unpaired) electrons. The van der Waals surface area contributed by atoms with Gasteiger partial charge in [0.2, 0.25) is 0 Å². The second-order valence-electron chi connectivity index (χ2n) is 25.8. The van der Waals surface area contributed by atoms with Gasteiger partial charge in [0, 0.05) is 12.3 Å². The van der Waals surface area contributed by atoms with Crippen molar-refractivity contribution < 1.29 is 113 Å². The summed E-state index contributed by atoms with van der Waals surface area (Å²) in [5.41, 5.74) is -2.40. The molecule has 0 aromatic carbocycles. The predicted octanol–water partition coefficient (Wildman–Crippen LogP) is -0.586. The van der Waals surface area contributed by atoms with E-state index >= 15 is 0 Å². The molecule has 23 nitrogen and oxygen atoms in total. The second kappa shape index (κ2) is 21.0. The fourth-order valence-corrected chi connectivity index (χ4v) is 16.5. The molecule has 23 heteroatoms. The van der Waals surface area contributed by atoms with Crippen molar-refractivity contribution in [1.82, 2.24) is 0 Å².